The lowest BCUT2D eigenvalue weighted by atomic mass is 10.3. The van der Waals surface area contributed by atoms with Crippen LogP contribution >= 0.6 is 23.7 Å². The van der Waals surface area contributed by atoms with E-state index in [-0.39, 0.29) is 18.3 Å². The monoisotopic (exact) mass is 349 g/mol. The second kappa shape index (κ2) is 6.27. The fourth-order valence-electron chi connectivity index (χ4n) is 2.77. The van der Waals surface area contributed by atoms with Crippen LogP contribution < -0.4 is 10.6 Å². The quantitative estimate of drug-likeness (QED) is 0.785. The van der Waals surface area contributed by atoms with Crippen LogP contribution in [0.3, 0.4) is 0 Å². The Kier molecular flexibility index (Phi) is 4.34. The summed E-state index contributed by atoms with van der Waals surface area (Å²) in [6.07, 6.45) is 0.705. The first-order chi connectivity index (χ1) is 10.8. The summed E-state index contributed by atoms with van der Waals surface area (Å²) >= 11 is 1.48. The van der Waals surface area contributed by atoms with Gasteiger partial charge in [0.1, 0.15) is 5.69 Å². The largest absolute Gasteiger partial charge is 0.330 e. The van der Waals surface area contributed by atoms with Gasteiger partial charge in [-0.25, -0.2) is 9.97 Å². The molecule has 2 aromatic heterocycles. The average molecular weight is 350 g/mol. The summed E-state index contributed by atoms with van der Waals surface area (Å²) in [4.78, 5) is 23.4. The molecule has 0 spiro atoms. The fraction of sp³-hybridized carbons (Fsp3) is 0.267. The van der Waals surface area contributed by atoms with Gasteiger partial charge in [-0.05, 0) is 18.7 Å². The summed E-state index contributed by atoms with van der Waals surface area (Å²) in [7, 11) is 0. The SMILES string of the molecule is Cl.NCCc1nc(C(=O)N2CCn3c2nc2ccccc23)cs1. The molecule has 0 aliphatic carbocycles. The van der Waals surface area contributed by atoms with Crippen molar-refractivity contribution >= 4 is 46.6 Å². The van der Waals surface area contributed by atoms with Crippen LogP contribution in [0, 0.1) is 0 Å². The highest BCUT2D eigenvalue weighted by Gasteiger charge is 2.30. The van der Waals surface area contributed by atoms with Crippen molar-refractivity contribution in [3.8, 4) is 0 Å². The van der Waals surface area contributed by atoms with Gasteiger partial charge in [-0.3, -0.25) is 9.69 Å². The number of carbonyl (C=O) groups is 1. The van der Waals surface area contributed by atoms with E-state index in [1.54, 1.807) is 10.3 Å². The molecule has 8 heteroatoms. The van der Waals surface area contributed by atoms with Crippen LogP contribution in [-0.4, -0.2) is 33.5 Å². The minimum atomic E-state index is -0.0893. The molecule has 0 saturated carbocycles. The van der Waals surface area contributed by atoms with Crippen molar-refractivity contribution in [2.75, 3.05) is 18.0 Å². The van der Waals surface area contributed by atoms with Crippen molar-refractivity contribution in [3.05, 3.63) is 40.3 Å². The highest BCUT2D eigenvalue weighted by atomic mass is 35.5. The summed E-state index contributed by atoms with van der Waals surface area (Å²) in [5.74, 6) is 0.619. The number of thiazole rings is 1. The number of hydrogen-bond acceptors (Lipinski definition) is 5. The van der Waals surface area contributed by atoms with Crippen LogP contribution in [-0.2, 0) is 13.0 Å². The zero-order chi connectivity index (χ0) is 15.1. The number of halogens is 1. The van der Waals surface area contributed by atoms with E-state index in [0.29, 0.717) is 31.2 Å². The minimum Gasteiger partial charge on any atom is -0.330 e. The van der Waals surface area contributed by atoms with Gasteiger partial charge in [-0.1, -0.05) is 12.1 Å². The van der Waals surface area contributed by atoms with Crippen molar-refractivity contribution in [1.82, 2.24) is 14.5 Å². The molecule has 0 radical (unpaired) electrons. The Morgan fingerprint density at radius 1 is 1.26 bits per heavy atom. The Labute approximate surface area is 143 Å². The number of carbonyl (C=O) groups excluding carboxylic acids is 1. The molecule has 2 N–H and O–H groups in total. The second-order valence-electron chi connectivity index (χ2n) is 5.17. The molecule has 1 amide bonds. The number of nitrogens with two attached hydrogens (primary N) is 1. The van der Waals surface area contributed by atoms with Gasteiger partial charge in [-0.15, -0.1) is 23.7 Å². The second-order valence-corrected chi connectivity index (χ2v) is 6.12. The van der Waals surface area contributed by atoms with Crippen LogP contribution in [0.5, 0.6) is 0 Å². The van der Waals surface area contributed by atoms with E-state index in [1.165, 1.54) is 11.3 Å². The first kappa shape index (κ1) is 15.9. The molecule has 0 bridgehead atoms. The summed E-state index contributed by atoms with van der Waals surface area (Å²) in [6.45, 7) is 1.94. The van der Waals surface area contributed by atoms with Gasteiger partial charge in [0.15, 0.2) is 0 Å². The molecule has 3 aromatic rings. The fourth-order valence-corrected chi connectivity index (χ4v) is 3.56. The first-order valence-electron chi connectivity index (χ1n) is 7.19. The number of hydrogen-bond donors (Lipinski definition) is 1. The van der Waals surface area contributed by atoms with Gasteiger partial charge in [0.25, 0.3) is 5.91 Å². The Bertz CT molecular complexity index is 859. The van der Waals surface area contributed by atoms with Gasteiger partial charge in [0.05, 0.1) is 16.0 Å². The number of rotatable bonds is 3. The molecule has 1 aromatic carbocycles. The van der Waals surface area contributed by atoms with Crippen molar-refractivity contribution in [3.63, 3.8) is 0 Å². The molecule has 0 saturated heterocycles. The number of aromatic nitrogens is 3. The van der Waals surface area contributed by atoms with E-state index in [2.05, 4.69) is 14.5 Å². The number of imidazole rings is 1. The number of para-hydroxylation sites is 2. The third-order valence-corrected chi connectivity index (χ3v) is 4.71. The van der Waals surface area contributed by atoms with E-state index in [0.717, 1.165) is 22.6 Å². The number of anilines is 1. The van der Waals surface area contributed by atoms with Gasteiger partial charge in [-0.2, -0.15) is 0 Å². The van der Waals surface area contributed by atoms with Crippen molar-refractivity contribution in [2.24, 2.45) is 5.73 Å². The van der Waals surface area contributed by atoms with Crippen LogP contribution in [0.4, 0.5) is 5.95 Å². The molecule has 0 fully saturated rings. The zero-order valence-corrected chi connectivity index (χ0v) is 13.9. The number of nitrogens with zero attached hydrogens (tertiary/aromatic N) is 4. The minimum absolute atomic E-state index is 0. The normalized spacial score (nSPS) is 13.2. The molecular weight excluding hydrogens is 334 g/mol. The Morgan fingerprint density at radius 3 is 2.91 bits per heavy atom. The first-order valence-corrected chi connectivity index (χ1v) is 8.07. The van der Waals surface area contributed by atoms with Crippen LogP contribution in [0.25, 0.3) is 11.0 Å². The molecular formula is C15H16ClN5OS. The van der Waals surface area contributed by atoms with E-state index in [4.69, 9.17) is 5.73 Å². The lowest BCUT2D eigenvalue weighted by Crippen LogP contribution is -2.29. The summed E-state index contributed by atoms with van der Waals surface area (Å²) in [5, 5.41) is 2.71. The third-order valence-electron chi connectivity index (χ3n) is 3.80. The van der Waals surface area contributed by atoms with E-state index in [1.807, 2.05) is 24.3 Å². The maximum absolute atomic E-state index is 12.7. The molecule has 0 atom stereocenters. The summed E-state index contributed by atoms with van der Waals surface area (Å²) in [6, 6.07) is 7.94. The Hall–Kier alpha value is -1.96. The highest BCUT2D eigenvalue weighted by Crippen LogP contribution is 2.28. The van der Waals surface area contributed by atoms with Crippen molar-refractivity contribution in [1.29, 1.82) is 0 Å². The molecule has 23 heavy (non-hydrogen) atoms. The van der Waals surface area contributed by atoms with Crippen LogP contribution in [0.2, 0.25) is 0 Å². The van der Waals surface area contributed by atoms with Crippen molar-refractivity contribution < 1.29 is 4.79 Å². The smallest absolute Gasteiger partial charge is 0.280 e. The molecule has 0 unspecified atom stereocenters. The number of amides is 1. The van der Waals surface area contributed by atoms with Gasteiger partial charge >= 0.3 is 0 Å². The lowest BCUT2D eigenvalue weighted by molar-refractivity contribution is 0.0984. The highest BCUT2D eigenvalue weighted by molar-refractivity contribution is 7.09. The lowest BCUT2D eigenvalue weighted by Gasteiger charge is -2.11. The molecule has 3 heterocycles. The molecule has 120 valence electrons. The predicted octanol–water partition coefficient (Wildman–Crippen LogP) is 2.08. The van der Waals surface area contributed by atoms with E-state index >= 15 is 0 Å². The topological polar surface area (TPSA) is 77.0 Å². The van der Waals surface area contributed by atoms with Gasteiger partial charge in [0, 0.05) is 24.9 Å². The Balaban J connectivity index is 0.00000156. The Morgan fingerprint density at radius 2 is 2.09 bits per heavy atom. The molecule has 1 aliphatic heterocycles. The van der Waals surface area contributed by atoms with Crippen LogP contribution in [0.15, 0.2) is 29.6 Å². The van der Waals surface area contributed by atoms with Gasteiger partial charge in [0.2, 0.25) is 5.95 Å². The molecule has 4 rings (SSSR count). The number of benzene rings is 1. The zero-order valence-electron chi connectivity index (χ0n) is 12.3. The van der Waals surface area contributed by atoms with E-state index in [9.17, 15) is 4.79 Å². The van der Waals surface area contributed by atoms with E-state index < -0.39 is 0 Å². The molecule has 1 aliphatic rings. The predicted molar refractivity (Wildman–Crippen MR) is 93.5 cm³/mol. The standard InChI is InChI=1S/C15H15N5OS.ClH/c16-6-5-13-17-11(9-22-13)14(21)20-8-7-19-12-4-2-1-3-10(12)18-15(19)20;/h1-4,9H,5-8,16H2;1H. The maximum atomic E-state index is 12.7. The average Bonchev–Trinajstić information content (AvgIpc) is 3.21. The summed E-state index contributed by atoms with van der Waals surface area (Å²) < 4.78 is 2.08. The molecule has 6 nitrogen and oxygen atoms in total. The van der Waals surface area contributed by atoms with Crippen LogP contribution in [0.1, 0.15) is 15.5 Å². The summed E-state index contributed by atoms with van der Waals surface area (Å²) in [5.41, 5.74) is 7.99. The maximum Gasteiger partial charge on any atom is 0.280 e. The number of fused-ring (bicyclic) bond motifs is 3. The third kappa shape index (κ3) is 2.60. The van der Waals surface area contributed by atoms with Gasteiger partial charge < -0.3 is 10.3 Å². The van der Waals surface area contributed by atoms with Crippen molar-refractivity contribution in [2.45, 2.75) is 13.0 Å².